The van der Waals surface area contributed by atoms with Gasteiger partial charge in [0.15, 0.2) is 0 Å². The zero-order valence-corrected chi connectivity index (χ0v) is 11.7. The Labute approximate surface area is 114 Å². The van der Waals surface area contributed by atoms with Gasteiger partial charge in [-0.15, -0.1) is 11.6 Å². The summed E-state index contributed by atoms with van der Waals surface area (Å²) in [5.41, 5.74) is 4.90. The van der Waals surface area contributed by atoms with Crippen molar-refractivity contribution in [3.05, 3.63) is 52.8 Å². The fourth-order valence-corrected chi connectivity index (χ4v) is 2.62. The summed E-state index contributed by atoms with van der Waals surface area (Å²) < 4.78 is 2.10. The molecule has 0 unspecified atom stereocenters. The lowest BCUT2D eigenvalue weighted by Gasteiger charge is -2.07. The van der Waals surface area contributed by atoms with Gasteiger partial charge in [-0.25, -0.2) is 0 Å². The molecule has 0 N–H and O–H groups in total. The summed E-state index contributed by atoms with van der Waals surface area (Å²) in [6.45, 7) is 5.12. The van der Waals surface area contributed by atoms with Crippen LogP contribution in [0.5, 0.6) is 0 Å². The molecule has 0 saturated heterocycles. The van der Waals surface area contributed by atoms with Crippen molar-refractivity contribution in [1.82, 2.24) is 9.78 Å². The van der Waals surface area contributed by atoms with Crippen LogP contribution >= 0.6 is 11.6 Å². The van der Waals surface area contributed by atoms with Crippen LogP contribution in [0.25, 0.3) is 0 Å². The van der Waals surface area contributed by atoms with E-state index in [4.69, 9.17) is 16.7 Å². The molecule has 1 aromatic carbocycles. The highest BCUT2D eigenvalue weighted by Crippen LogP contribution is 2.19. The van der Waals surface area contributed by atoms with E-state index in [-0.39, 0.29) is 0 Å². The highest BCUT2D eigenvalue weighted by atomic mass is 35.5. The van der Waals surface area contributed by atoms with Crippen molar-refractivity contribution in [1.29, 1.82) is 0 Å². The Kier molecular flexibility index (Phi) is 4.43. The number of rotatable bonds is 5. The minimum atomic E-state index is 0.557. The smallest absolute Gasteiger partial charge is 0.0669 e. The first-order valence-electron chi connectivity index (χ1n) is 6.47. The van der Waals surface area contributed by atoms with E-state index in [0.717, 1.165) is 25.1 Å². The Hall–Kier alpha value is -1.28. The van der Waals surface area contributed by atoms with Gasteiger partial charge in [-0.1, -0.05) is 44.2 Å². The van der Waals surface area contributed by atoms with Gasteiger partial charge in [0.05, 0.1) is 18.1 Å². The molecule has 0 bridgehead atoms. The molecule has 0 amide bonds. The lowest BCUT2D eigenvalue weighted by Crippen LogP contribution is -2.06. The quantitative estimate of drug-likeness (QED) is 0.750. The molecule has 2 nitrogen and oxygen atoms in total. The number of hydrogen-bond donors (Lipinski definition) is 0. The fraction of sp³-hybridized carbons (Fsp3) is 0.400. The molecule has 2 rings (SSSR count). The van der Waals surface area contributed by atoms with E-state index in [9.17, 15) is 0 Å². The highest BCUT2D eigenvalue weighted by Gasteiger charge is 2.14. The van der Waals surface area contributed by atoms with Crippen molar-refractivity contribution in [3.63, 3.8) is 0 Å². The summed E-state index contributed by atoms with van der Waals surface area (Å²) in [6, 6.07) is 10.4. The van der Waals surface area contributed by atoms with E-state index in [0.29, 0.717) is 5.88 Å². The molecule has 1 heterocycles. The first kappa shape index (κ1) is 13.2. The second-order valence-corrected chi connectivity index (χ2v) is 4.62. The van der Waals surface area contributed by atoms with Gasteiger partial charge >= 0.3 is 0 Å². The molecule has 0 fully saturated rings. The number of alkyl halides is 1. The maximum atomic E-state index is 6.06. The molecular weight excluding hydrogens is 244 g/mol. The van der Waals surface area contributed by atoms with Crippen molar-refractivity contribution < 1.29 is 0 Å². The lowest BCUT2D eigenvalue weighted by molar-refractivity contribution is 0.640. The van der Waals surface area contributed by atoms with Gasteiger partial charge < -0.3 is 0 Å². The lowest BCUT2D eigenvalue weighted by atomic mass is 10.1. The number of aromatic nitrogens is 2. The third-order valence-electron chi connectivity index (χ3n) is 3.23. The van der Waals surface area contributed by atoms with Gasteiger partial charge in [0.2, 0.25) is 0 Å². The summed E-state index contributed by atoms with van der Waals surface area (Å²) in [6.07, 6.45) is 1.92. The number of aryl methyl sites for hydroxylation is 1. The third kappa shape index (κ3) is 2.59. The van der Waals surface area contributed by atoms with E-state index in [1.54, 1.807) is 0 Å². The molecule has 0 radical (unpaired) electrons. The zero-order valence-electron chi connectivity index (χ0n) is 11.0. The van der Waals surface area contributed by atoms with Crippen LogP contribution in [0.1, 0.15) is 36.4 Å². The molecule has 0 saturated carbocycles. The van der Waals surface area contributed by atoms with E-state index in [1.165, 1.54) is 16.8 Å². The Morgan fingerprint density at radius 2 is 1.83 bits per heavy atom. The Morgan fingerprint density at radius 1 is 1.11 bits per heavy atom. The summed E-state index contributed by atoms with van der Waals surface area (Å²) >= 11 is 6.06. The number of benzene rings is 1. The predicted molar refractivity (Wildman–Crippen MR) is 76.1 cm³/mol. The monoisotopic (exact) mass is 262 g/mol. The number of halogens is 1. The molecular formula is C15H19ClN2. The first-order chi connectivity index (χ1) is 8.80. The molecule has 96 valence electrons. The van der Waals surface area contributed by atoms with Gasteiger partial charge in [0.25, 0.3) is 0 Å². The Morgan fingerprint density at radius 3 is 2.39 bits per heavy atom. The van der Waals surface area contributed by atoms with E-state index in [2.05, 4.69) is 42.8 Å². The molecule has 3 heteroatoms. The van der Waals surface area contributed by atoms with Crippen molar-refractivity contribution in [2.24, 2.45) is 0 Å². The summed E-state index contributed by atoms with van der Waals surface area (Å²) in [5, 5.41) is 4.70. The van der Waals surface area contributed by atoms with E-state index >= 15 is 0 Å². The Balaban J connectivity index is 2.35. The molecule has 1 aromatic heterocycles. The third-order valence-corrected chi connectivity index (χ3v) is 3.50. The van der Waals surface area contributed by atoms with Crippen LogP contribution in [0.4, 0.5) is 0 Å². The minimum absolute atomic E-state index is 0.557. The second-order valence-electron chi connectivity index (χ2n) is 4.36. The van der Waals surface area contributed by atoms with Gasteiger partial charge in [-0.2, -0.15) is 5.10 Å². The number of hydrogen-bond acceptors (Lipinski definition) is 1. The maximum Gasteiger partial charge on any atom is 0.0669 e. The van der Waals surface area contributed by atoms with Crippen LogP contribution in [-0.4, -0.2) is 9.78 Å². The molecule has 0 aliphatic carbocycles. The van der Waals surface area contributed by atoms with Crippen molar-refractivity contribution in [2.45, 2.75) is 39.1 Å². The van der Waals surface area contributed by atoms with Crippen LogP contribution in [0.2, 0.25) is 0 Å². The summed E-state index contributed by atoms with van der Waals surface area (Å²) in [7, 11) is 0. The van der Waals surface area contributed by atoms with Gasteiger partial charge in [-0.05, 0) is 18.4 Å². The average molecular weight is 263 g/mol. The van der Waals surface area contributed by atoms with Gasteiger partial charge in [-0.3, -0.25) is 4.68 Å². The van der Waals surface area contributed by atoms with Crippen molar-refractivity contribution in [2.75, 3.05) is 0 Å². The summed E-state index contributed by atoms with van der Waals surface area (Å²) in [5.74, 6) is 0.557. The van der Waals surface area contributed by atoms with Gasteiger partial charge in [0, 0.05) is 11.3 Å². The van der Waals surface area contributed by atoms with Crippen molar-refractivity contribution >= 4 is 11.6 Å². The van der Waals surface area contributed by atoms with Crippen LogP contribution < -0.4 is 0 Å². The maximum absolute atomic E-state index is 6.06. The summed E-state index contributed by atoms with van der Waals surface area (Å²) in [4.78, 5) is 0. The first-order valence-corrected chi connectivity index (χ1v) is 7.00. The minimum Gasteiger partial charge on any atom is -0.265 e. The largest absolute Gasteiger partial charge is 0.265 e. The molecule has 0 spiro atoms. The standard InChI is InChI=1S/C15H19ClN2/c1-3-14-13(10-16)15(4-2)18(17-14)11-12-8-6-5-7-9-12/h5-9H,3-4,10-11H2,1-2H3. The van der Waals surface area contributed by atoms with Crippen molar-refractivity contribution in [3.8, 4) is 0 Å². The number of nitrogens with zero attached hydrogens (tertiary/aromatic N) is 2. The Bertz CT molecular complexity index is 503. The topological polar surface area (TPSA) is 17.8 Å². The molecule has 0 aliphatic heterocycles. The van der Waals surface area contributed by atoms with Crippen LogP contribution in [0.15, 0.2) is 30.3 Å². The van der Waals surface area contributed by atoms with Gasteiger partial charge in [0.1, 0.15) is 0 Å². The normalized spacial score (nSPS) is 10.8. The highest BCUT2D eigenvalue weighted by molar-refractivity contribution is 6.17. The van der Waals surface area contributed by atoms with E-state index < -0.39 is 0 Å². The zero-order chi connectivity index (χ0) is 13.0. The SMILES string of the molecule is CCc1nn(Cc2ccccc2)c(CC)c1CCl. The fourth-order valence-electron chi connectivity index (χ4n) is 2.31. The second kappa shape index (κ2) is 6.05. The average Bonchev–Trinajstić information content (AvgIpc) is 2.76. The van der Waals surface area contributed by atoms with Crippen LogP contribution in [0, 0.1) is 0 Å². The molecule has 0 aliphatic rings. The molecule has 18 heavy (non-hydrogen) atoms. The van der Waals surface area contributed by atoms with Crippen LogP contribution in [-0.2, 0) is 25.3 Å². The van der Waals surface area contributed by atoms with E-state index in [1.807, 2.05) is 6.07 Å². The van der Waals surface area contributed by atoms with Crippen LogP contribution in [0.3, 0.4) is 0 Å². The molecule has 2 aromatic rings. The predicted octanol–water partition coefficient (Wildman–Crippen LogP) is 3.80. The molecule has 0 atom stereocenters.